The fraction of sp³-hybridized carbons (Fsp3) is 0. The summed E-state index contributed by atoms with van der Waals surface area (Å²) in [5.74, 6) is 0. The molecule has 0 radical (unpaired) electrons. The molecule has 0 fully saturated rings. The predicted octanol–water partition coefficient (Wildman–Crippen LogP) is 2.56. The van der Waals surface area contributed by atoms with Gasteiger partial charge in [0.15, 0.2) is 5.11 Å². The highest BCUT2D eigenvalue weighted by molar-refractivity contribution is 7.80. The summed E-state index contributed by atoms with van der Waals surface area (Å²) in [6, 6.07) is 2.54. The number of nitrogens with two attached hydrogens (primary N) is 1. The number of benzene rings is 1. The molecule has 1 rings (SSSR count). The van der Waals surface area contributed by atoms with E-state index in [1.165, 1.54) is 12.1 Å². The topological polar surface area (TPSA) is 81.2 Å². The van der Waals surface area contributed by atoms with Crippen molar-refractivity contribution in [3.63, 3.8) is 0 Å². The molecule has 0 heterocycles. The molecular formula is C7H5Cl2N3O2S. The summed E-state index contributed by atoms with van der Waals surface area (Å²) < 4.78 is 0. The Balaban J connectivity index is 3.29. The Morgan fingerprint density at radius 3 is 2.60 bits per heavy atom. The van der Waals surface area contributed by atoms with Gasteiger partial charge >= 0.3 is 0 Å². The average molecular weight is 266 g/mol. The van der Waals surface area contributed by atoms with Crippen molar-refractivity contribution in [1.82, 2.24) is 0 Å². The molecule has 1 aromatic rings. The molecule has 1 aromatic carbocycles. The zero-order valence-corrected chi connectivity index (χ0v) is 9.49. The molecule has 0 aliphatic carbocycles. The molecular weight excluding hydrogens is 261 g/mol. The van der Waals surface area contributed by atoms with E-state index in [9.17, 15) is 10.1 Å². The van der Waals surface area contributed by atoms with Gasteiger partial charge in [0.2, 0.25) is 0 Å². The maximum Gasteiger partial charge on any atom is 0.290 e. The number of nitro benzene ring substituents is 1. The van der Waals surface area contributed by atoms with Gasteiger partial charge in [0.25, 0.3) is 5.69 Å². The first-order valence-corrected chi connectivity index (χ1v) is 4.78. The van der Waals surface area contributed by atoms with Gasteiger partial charge in [-0.15, -0.1) is 0 Å². The van der Waals surface area contributed by atoms with Crippen LogP contribution in [-0.2, 0) is 0 Å². The molecule has 5 nitrogen and oxygen atoms in total. The van der Waals surface area contributed by atoms with Crippen molar-refractivity contribution in [3.8, 4) is 0 Å². The Labute approximate surface area is 100 Å². The fourth-order valence-corrected chi connectivity index (χ4v) is 1.56. The molecule has 0 spiro atoms. The Morgan fingerprint density at radius 2 is 2.13 bits per heavy atom. The maximum absolute atomic E-state index is 10.6. The van der Waals surface area contributed by atoms with Crippen LogP contribution in [0.15, 0.2) is 12.1 Å². The van der Waals surface area contributed by atoms with Crippen LogP contribution >= 0.6 is 35.4 Å². The van der Waals surface area contributed by atoms with E-state index < -0.39 is 4.92 Å². The van der Waals surface area contributed by atoms with Gasteiger partial charge in [-0.3, -0.25) is 10.1 Å². The number of nitrogens with zero attached hydrogens (tertiary/aromatic N) is 1. The normalized spacial score (nSPS) is 9.73. The van der Waals surface area contributed by atoms with Crippen molar-refractivity contribution in [2.24, 2.45) is 5.73 Å². The Bertz CT molecular complexity index is 438. The third-order valence-corrected chi connectivity index (χ3v) is 2.32. The van der Waals surface area contributed by atoms with Gasteiger partial charge in [0.1, 0.15) is 5.02 Å². The highest BCUT2D eigenvalue weighted by atomic mass is 35.5. The van der Waals surface area contributed by atoms with E-state index in [-0.39, 0.29) is 26.5 Å². The summed E-state index contributed by atoms with van der Waals surface area (Å²) in [4.78, 5) is 9.94. The molecule has 15 heavy (non-hydrogen) atoms. The molecule has 0 aliphatic heterocycles. The van der Waals surface area contributed by atoms with Crippen molar-refractivity contribution in [2.75, 3.05) is 5.32 Å². The van der Waals surface area contributed by atoms with E-state index in [4.69, 9.17) is 28.9 Å². The fourth-order valence-electron chi connectivity index (χ4n) is 0.920. The lowest BCUT2D eigenvalue weighted by atomic mass is 10.3. The molecule has 0 saturated heterocycles. The SMILES string of the molecule is NC(=S)Nc1c(Cl)ccc([N+](=O)[O-])c1Cl. The number of nitro groups is 1. The van der Waals surface area contributed by atoms with Crippen LogP contribution in [0.4, 0.5) is 11.4 Å². The molecule has 0 unspecified atom stereocenters. The molecule has 0 atom stereocenters. The first-order valence-electron chi connectivity index (χ1n) is 3.62. The second kappa shape index (κ2) is 4.61. The molecule has 0 bridgehead atoms. The van der Waals surface area contributed by atoms with Crippen LogP contribution in [0, 0.1) is 10.1 Å². The largest absolute Gasteiger partial charge is 0.376 e. The number of rotatable bonds is 2. The molecule has 3 N–H and O–H groups in total. The minimum atomic E-state index is -0.622. The Hall–Kier alpha value is -1.11. The van der Waals surface area contributed by atoms with Crippen LogP contribution in [0.3, 0.4) is 0 Å². The van der Waals surface area contributed by atoms with Crippen molar-refractivity contribution in [1.29, 1.82) is 0 Å². The monoisotopic (exact) mass is 265 g/mol. The van der Waals surface area contributed by atoms with E-state index in [1.807, 2.05) is 0 Å². The molecule has 0 aliphatic rings. The molecule has 8 heteroatoms. The number of halogens is 2. The van der Waals surface area contributed by atoms with Gasteiger partial charge in [-0.25, -0.2) is 0 Å². The van der Waals surface area contributed by atoms with Crippen LogP contribution in [0.5, 0.6) is 0 Å². The zero-order chi connectivity index (χ0) is 11.6. The second-order valence-corrected chi connectivity index (χ2v) is 3.73. The highest BCUT2D eigenvalue weighted by Crippen LogP contribution is 2.37. The van der Waals surface area contributed by atoms with Gasteiger partial charge < -0.3 is 11.1 Å². The van der Waals surface area contributed by atoms with Crippen molar-refractivity contribution in [3.05, 3.63) is 32.3 Å². The van der Waals surface area contributed by atoms with E-state index in [0.717, 1.165) is 0 Å². The number of hydrogen-bond donors (Lipinski definition) is 2. The molecule has 80 valence electrons. The summed E-state index contributed by atoms with van der Waals surface area (Å²) in [7, 11) is 0. The summed E-state index contributed by atoms with van der Waals surface area (Å²) in [6.07, 6.45) is 0. The summed E-state index contributed by atoms with van der Waals surface area (Å²) in [5.41, 5.74) is 5.10. The van der Waals surface area contributed by atoms with Crippen LogP contribution in [0.25, 0.3) is 0 Å². The summed E-state index contributed by atoms with van der Waals surface area (Å²) >= 11 is 16.1. The van der Waals surface area contributed by atoms with E-state index in [0.29, 0.717) is 0 Å². The van der Waals surface area contributed by atoms with Crippen molar-refractivity contribution >= 4 is 51.9 Å². The van der Waals surface area contributed by atoms with Gasteiger partial charge in [0.05, 0.1) is 15.6 Å². The molecule has 0 amide bonds. The quantitative estimate of drug-likeness (QED) is 0.488. The third-order valence-electron chi connectivity index (χ3n) is 1.52. The Kier molecular flexibility index (Phi) is 3.67. The van der Waals surface area contributed by atoms with Crippen LogP contribution < -0.4 is 11.1 Å². The number of anilines is 1. The second-order valence-electron chi connectivity index (χ2n) is 2.50. The summed E-state index contributed by atoms with van der Waals surface area (Å²) in [5, 5.41) is 13.0. The standard InChI is InChI=1S/C7H5Cl2N3O2S/c8-3-1-2-4(12(13)14)5(9)6(3)11-7(10)15/h1-2H,(H3,10,11,15). The average Bonchev–Trinajstić information content (AvgIpc) is 2.11. The highest BCUT2D eigenvalue weighted by Gasteiger charge is 2.18. The predicted molar refractivity (Wildman–Crippen MR) is 63.5 cm³/mol. The first kappa shape index (κ1) is 12.0. The molecule has 0 aromatic heterocycles. The Morgan fingerprint density at radius 1 is 1.53 bits per heavy atom. The smallest absolute Gasteiger partial charge is 0.290 e. The minimum absolute atomic E-state index is 0.0701. The van der Waals surface area contributed by atoms with Gasteiger partial charge in [-0.05, 0) is 18.3 Å². The van der Waals surface area contributed by atoms with Gasteiger partial charge in [-0.1, -0.05) is 23.2 Å². The van der Waals surface area contributed by atoms with Crippen molar-refractivity contribution < 1.29 is 4.92 Å². The lowest BCUT2D eigenvalue weighted by molar-refractivity contribution is -0.384. The lowest BCUT2D eigenvalue weighted by Gasteiger charge is -2.08. The number of nitrogens with one attached hydrogen (secondary N) is 1. The van der Waals surface area contributed by atoms with Gasteiger partial charge in [-0.2, -0.15) is 0 Å². The zero-order valence-electron chi connectivity index (χ0n) is 7.16. The van der Waals surface area contributed by atoms with Crippen LogP contribution in [0.1, 0.15) is 0 Å². The van der Waals surface area contributed by atoms with E-state index in [2.05, 4.69) is 17.5 Å². The van der Waals surface area contributed by atoms with E-state index in [1.54, 1.807) is 0 Å². The maximum atomic E-state index is 10.6. The molecule has 0 saturated carbocycles. The first-order chi connectivity index (χ1) is 6.93. The van der Waals surface area contributed by atoms with E-state index >= 15 is 0 Å². The van der Waals surface area contributed by atoms with Crippen molar-refractivity contribution in [2.45, 2.75) is 0 Å². The van der Waals surface area contributed by atoms with Crippen LogP contribution in [-0.4, -0.2) is 10.0 Å². The van der Waals surface area contributed by atoms with Crippen LogP contribution in [0.2, 0.25) is 10.0 Å². The number of thiocarbonyl (C=S) groups is 1. The minimum Gasteiger partial charge on any atom is -0.376 e. The lowest BCUT2D eigenvalue weighted by Crippen LogP contribution is -2.19. The summed E-state index contributed by atoms with van der Waals surface area (Å²) in [6.45, 7) is 0. The van der Waals surface area contributed by atoms with Gasteiger partial charge in [0, 0.05) is 6.07 Å². The number of hydrogen-bond acceptors (Lipinski definition) is 3. The third kappa shape index (κ3) is 2.68.